The Morgan fingerprint density at radius 2 is 1.85 bits per heavy atom. The smallest absolute Gasteiger partial charge is 0.303 e. The van der Waals surface area contributed by atoms with Crippen LogP contribution < -0.4 is 14.2 Å². The van der Waals surface area contributed by atoms with Crippen LogP contribution >= 0.6 is 0 Å². The van der Waals surface area contributed by atoms with Gasteiger partial charge in [0.05, 0.1) is 7.11 Å². The average molecular weight is 372 g/mol. The summed E-state index contributed by atoms with van der Waals surface area (Å²) < 4.78 is 17.0. The van der Waals surface area contributed by atoms with Gasteiger partial charge in [0.1, 0.15) is 19.0 Å². The summed E-state index contributed by atoms with van der Waals surface area (Å²) >= 11 is 0. The highest BCUT2D eigenvalue weighted by atomic mass is 16.5. The fourth-order valence-corrected chi connectivity index (χ4v) is 3.01. The highest BCUT2D eigenvalue weighted by Gasteiger charge is 2.12. The van der Waals surface area contributed by atoms with Crippen molar-refractivity contribution in [2.75, 3.05) is 20.3 Å². The van der Waals surface area contributed by atoms with Crippen molar-refractivity contribution in [3.05, 3.63) is 53.1 Å². The predicted molar refractivity (Wildman–Crippen MR) is 105 cm³/mol. The van der Waals surface area contributed by atoms with Gasteiger partial charge in [-0.15, -0.1) is 0 Å². The molecule has 0 aliphatic carbocycles. The minimum atomic E-state index is -0.840. The first kappa shape index (κ1) is 20.6. The van der Waals surface area contributed by atoms with E-state index in [9.17, 15) is 4.79 Å². The third-order valence-corrected chi connectivity index (χ3v) is 4.35. The highest BCUT2D eigenvalue weighted by molar-refractivity contribution is 5.67. The number of carbonyl (C=O) groups is 1. The molecule has 0 unspecified atom stereocenters. The van der Waals surface area contributed by atoms with Crippen LogP contribution in [0.15, 0.2) is 36.4 Å². The van der Waals surface area contributed by atoms with Crippen LogP contribution in [-0.4, -0.2) is 31.4 Å². The van der Waals surface area contributed by atoms with Gasteiger partial charge in [-0.2, -0.15) is 0 Å². The molecule has 0 saturated heterocycles. The van der Waals surface area contributed by atoms with Crippen LogP contribution in [0.5, 0.6) is 17.2 Å². The number of hydrogen-bond acceptors (Lipinski definition) is 4. The average Bonchev–Trinajstić information content (AvgIpc) is 2.63. The molecular weight excluding hydrogens is 344 g/mol. The quantitative estimate of drug-likeness (QED) is 0.617. The fraction of sp³-hybridized carbons (Fsp3) is 0.409. The maximum Gasteiger partial charge on any atom is 0.303 e. The molecule has 27 heavy (non-hydrogen) atoms. The van der Waals surface area contributed by atoms with E-state index in [1.807, 2.05) is 24.3 Å². The summed E-state index contributed by atoms with van der Waals surface area (Å²) in [6, 6.07) is 11.6. The van der Waals surface area contributed by atoms with Crippen LogP contribution in [0.3, 0.4) is 0 Å². The minimum Gasteiger partial charge on any atom is -0.493 e. The van der Waals surface area contributed by atoms with E-state index < -0.39 is 5.97 Å². The lowest BCUT2D eigenvalue weighted by molar-refractivity contribution is -0.136. The summed E-state index contributed by atoms with van der Waals surface area (Å²) in [6.45, 7) is 7.16. The Hall–Kier alpha value is -2.69. The van der Waals surface area contributed by atoms with Crippen molar-refractivity contribution in [3.63, 3.8) is 0 Å². The first-order valence-electron chi connectivity index (χ1n) is 9.16. The molecule has 0 bridgehead atoms. The molecule has 0 atom stereocenters. The van der Waals surface area contributed by atoms with Gasteiger partial charge in [0.15, 0.2) is 11.5 Å². The van der Waals surface area contributed by atoms with Crippen LogP contribution in [0.2, 0.25) is 0 Å². The molecule has 0 radical (unpaired) electrons. The summed E-state index contributed by atoms with van der Waals surface area (Å²) in [5.74, 6) is 1.63. The van der Waals surface area contributed by atoms with Gasteiger partial charge in [-0.1, -0.05) is 32.0 Å². The topological polar surface area (TPSA) is 65.0 Å². The zero-order chi connectivity index (χ0) is 19.8. The van der Waals surface area contributed by atoms with Crippen molar-refractivity contribution >= 4 is 5.97 Å². The molecule has 0 aliphatic rings. The number of para-hydroxylation sites is 1. The van der Waals surface area contributed by atoms with E-state index in [-0.39, 0.29) is 6.42 Å². The number of ether oxygens (including phenoxy) is 3. The zero-order valence-corrected chi connectivity index (χ0v) is 16.5. The van der Waals surface area contributed by atoms with Crippen molar-refractivity contribution in [3.8, 4) is 17.2 Å². The summed E-state index contributed by atoms with van der Waals surface area (Å²) in [5, 5.41) is 8.92. The lowest BCUT2D eigenvalue weighted by atomic mass is 9.98. The zero-order valence-electron chi connectivity index (χ0n) is 16.5. The van der Waals surface area contributed by atoms with E-state index in [0.29, 0.717) is 37.1 Å². The molecule has 2 aromatic rings. The Kier molecular flexibility index (Phi) is 7.53. The number of rotatable bonds is 10. The normalized spacial score (nSPS) is 10.7. The second-order valence-corrected chi connectivity index (χ2v) is 6.71. The molecule has 0 aliphatic heterocycles. The number of benzene rings is 2. The van der Waals surface area contributed by atoms with Gasteiger partial charge in [-0.25, -0.2) is 0 Å². The third kappa shape index (κ3) is 5.91. The molecule has 0 amide bonds. The van der Waals surface area contributed by atoms with Crippen molar-refractivity contribution in [2.45, 2.75) is 39.5 Å². The van der Waals surface area contributed by atoms with E-state index in [4.69, 9.17) is 19.3 Å². The first-order valence-corrected chi connectivity index (χ1v) is 9.16. The molecule has 0 fully saturated rings. The van der Waals surface area contributed by atoms with E-state index >= 15 is 0 Å². The number of carboxylic acid groups (broad SMARTS) is 1. The van der Waals surface area contributed by atoms with Crippen molar-refractivity contribution in [1.82, 2.24) is 0 Å². The number of carboxylic acids is 1. The summed E-state index contributed by atoms with van der Waals surface area (Å²) in [4.78, 5) is 10.9. The van der Waals surface area contributed by atoms with E-state index in [0.717, 1.165) is 11.3 Å². The van der Waals surface area contributed by atoms with Gasteiger partial charge >= 0.3 is 5.97 Å². The number of hydrogen-bond donors (Lipinski definition) is 1. The Morgan fingerprint density at radius 1 is 1.11 bits per heavy atom. The maximum absolute atomic E-state index is 10.9. The van der Waals surface area contributed by atoms with Crippen LogP contribution in [-0.2, 0) is 11.2 Å². The molecule has 0 aromatic heterocycles. The largest absolute Gasteiger partial charge is 0.493 e. The maximum atomic E-state index is 10.9. The van der Waals surface area contributed by atoms with Crippen LogP contribution in [0.25, 0.3) is 0 Å². The van der Waals surface area contributed by atoms with Crippen molar-refractivity contribution in [2.24, 2.45) is 0 Å². The van der Waals surface area contributed by atoms with Crippen molar-refractivity contribution in [1.29, 1.82) is 0 Å². The number of methoxy groups -OCH3 is 1. The second kappa shape index (κ2) is 9.86. The van der Waals surface area contributed by atoms with Gasteiger partial charge in [-0.05, 0) is 54.2 Å². The van der Waals surface area contributed by atoms with Crippen LogP contribution in [0.1, 0.15) is 42.9 Å². The van der Waals surface area contributed by atoms with Gasteiger partial charge in [0, 0.05) is 6.42 Å². The number of aryl methyl sites for hydroxylation is 2. The molecule has 1 N–H and O–H groups in total. The van der Waals surface area contributed by atoms with Crippen LogP contribution in [0, 0.1) is 6.92 Å². The molecule has 5 heteroatoms. The molecule has 0 saturated carbocycles. The Bertz CT molecular complexity index is 767. The lowest BCUT2D eigenvalue weighted by Gasteiger charge is -2.16. The van der Waals surface area contributed by atoms with Gasteiger partial charge in [-0.3, -0.25) is 4.79 Å². The highest BCUT2D eigenvalue weighted by Crippen LogP contribution is 2.32. The molecule has 2 aromatic carbocycles. The molecule has 0 spiro atoms. The lowest BCUT2D eigenvalue weighted by Crippen LogP contribution is -2.11. The van der Waals surface area contributed by atoms with Crippen molar-refractivity contribution < 1.29 is 24.1 Å². The van der Waals surface area contributed by atoms with Crippen LogP contribution in [0.4, 0.5) is 0 Å². The Labute approximate surface area is 160 Å². The Morgan fingerprint density at radius 3 is 2.48 bits per heavy atom. The molecular formula is C22H28O5. The minimum absolute atomic E-state index is 0.0432. The van der Waals surface area contributed by atoms with Gasteiger partial charge < -0.3 is 19.3 Å². The van der Waals surface area contributed by atoms with E-state index in [1.165, 1.54) is 11.1 Å². The monoisotopic (exact) mass is 372 g/mol. The SMILES string of the molecule is COc1cccc(CCC(=O)O)c1OCCOc1ccc(C(C)C)c(C)c1. The van der Waals surface area contributed by atoms with Gasteiger partial charge in [0.2, 0.25) is 0 Å². The molecule has 0 heterocycles. The number of aliphatic carboxylic acids is 1. The standard InChI is InChI=1S/C22H28O5/c1-15(2)19-10-9-18(14-16(19)3)26-12-13-27-22-17(8-11-21(23)24)6-5-7-20(22)25-4/h5-7,9-10,14-15H,8,11-13H2,1-4H3,(H,23,24). The first-order chi connectivity index (χ1) is 12.9. The Balaban J connectivity index is 1.96. The second-order valence-electron chi connectivity index (χ2n) is 6.71. The molecule has 5 nitrogen and oxygen atoms in total. The van der Waals surface area contributed by atoms with E-state index in [1.54, 1.807) is 13.2 Å². The van der Waals surface area contributed by atoms with E-state index in [2.05, 4.69) is 26.8 Å². The third-order valence-electron chi connectivity index (χ3n) is 4.35. The summed E-state index contributed by atoms with van der Waals surface area (Å²) in [6.07, 6.45) is 0.431. The predicted octanol–water partition coefficient (Wildman–Crippen LogP) is 4.60. The molecule has 2 rings (SSSR count). The van der Waals surface area contributed by atoms with Gasteiger partial charge in [0.25, 0.3) is 0 Å². The fourth-order valence-electron chi connectivity index (χ4n) is 3.01. The summed E-state index contributed by atoms with van der Waals surface area (Å²) in [5.41, 5.74) is 3.34. The summed E-state index contributed by atoms with van der Waals surface area (Å²) in [7, 11) is 1.57. The molecule has 146 valence electrons.